The highest BCUT2D eigenvalue weighted by Crippen LogP contribution is 2.33. The Kier molecular flexibility index (Phi) is 10.6. The van der Waals surface area contributed by atoms with Crippen molar-refractivity contribution in [2.75, 3.05) is 25.5 Å². The van der Waals surface area contributed by atoms with Crippen molar-refractivity contribution in [2.45, 2.75) is 50.6 Å². The average Bonchev–Trinajstić information content (AvgIpc) is 3.50. The number of pyridine rings is 1. The van der Waals surface area contributed by atoms with Crippen molar-refractivity contribution in [1.29, 1.82) is 5.26 Å². The third-order valence-corrected chi connectivity index (χ3v) is 8.08. The maximum absolute atomic E-state index is 14.6. The maximum atomic E-state index is 14.6. The van der Waals surface area contributed by atoms with Gasteiger partial charge in [-0.1, -0.05) is 22.9 Å². The van der Waals surface area contributed by atoms with Crippen LogP contribution in [0.1, 0.15) is 28.6 Å². The summed E-state index contributed by atoms with van der Waals surface area (Å²) < 4.78 is 34.8. The number of aliphatic hydroxyl groups excluding tert-OH is 3. The number of likely N-dealkylation sites (N-methyl/N-ethyl adjacent to an activating group) is 1. The van der Waals surface area contributed by atoms with Gasteiger partial charge >= 0.3 is 0 Å². The number of carbonyl (C=O) groups excluding carboxylic acids is 1. The molecular weight excluding hydrogens is 636 g/mol. The summed E-state index contributed by atoms with van der Waals surface area (Å²) in [7, 11) is 1.79. The molecule has 1 aliphatic rings. The Morgan fingerprint density at radius 1 is 1.28 bits per heavy atom. The number of rotatable bonds is 11. The zero-order valence-electron chi connectivity index (χ0n) is 25.4. The highest BCUT2D eigenvalue weighted by molar-refractivity contribution is 6.31. The van der Waals surface area contributed by atoms with Crippen LogP contribution < -0.4 is 5.32 Å². The average molecular weight is 668 g/mol. The Balaban J connectivity index is 1.23. The van der Waals surface area contributed by atoms with E-state index in [1.165, 1.54) is 36.7 Å². The van der Waals surface area contributed by atoms with Crippen LogP contribution in [0.2, 0.25) is 5.02 Å². The van der Waals surface area contributed by atoms with Crippen LogP contribution in [0.3, 0.4) is 0 Å². The molecular formula is C32H32ClF2N7O5. The number of ether oxygens (including phenoxy) is 1. The predicted molar refractivity (Wildman–Crippen MR) is 168 cm³/mol. The van der Waals surface area contributed by atoms with Gasteiger partial charge in [0.25, 0.3) is 0 Å². The standard InChI is InChI=1S/C32H32ClF2N7O5/c1-17-8-26-23(29(19(12-36)13-37-26)38-20-5-6-25(34)24(33)11-20)10-18(17)9-22(44)4-3-7-41(2)14-21-15-42(40-39-21)32-28(35)31(46)30(45)27(16-43)47-32/h3-6,8,10-11,13,15,27-28,30-32,43,45-46H,7,9,14,16H2,1-2H3,(H,37,38)/b4-3+. The number of anilines is 2. The molecule has 12 nitrogen and oxygen atoms in total. The number of hydrogen-bond acceptors (Lipinski definition) is 11. The zero-order chi connectivity index (χ0) is 33.8. The summed E-state index contributed by atoms with van der Waals surface area (Å²) in [6.45, 7) is 1.93. The molecule has 0 radical (unpaired) electrons. The van der Waals surface area contributed by atoms with Crippen molar-refractivity contribution in [3.63, 3.8) is 0 Å². The molecule has 4 N–H and O–H groups in total. The van der Waals surface area contributed by atoms with Gasteiger partial charge in [0.15, 0.2) is 18.2 Å². The first kappa shape index (κ1) is 34.0. The number of ketones is 1. The zero-order valence-corrected chi connectivity index (χ0v) is 26.1. The number of hydrogen-bond donors (Lipinski definition) is 4. The van der Waals surface area contributed by atoms with Gasteiger partial charge in [0.1, 0.15) is 30.2 Å². The number of carbonyl (C=O) groups is 1. The highest BCUT2D eigenvalue weighted by atomic mass is 35.5. The van der Waals surface area contributed by atoms with Gasteiger partial charge in [-0.15, -0.1) is 5.10 Å². The minimum Gasteiger partial charge on any atom is -0.394 e. The summed E-state index contributed by atoms with van der Waals surface area (Å²) in [4.78, 5) is 19.2. The van der Waals surface area contributed by atoms with E-state index < -0.39 is 43.1 Å². The summed E-state index contributed by atoms with van der Waals surface area (Å²) in [5.41, 5.74) is 3.88. The summed E-state index contributed by atoms with van der Waals surface area (Å²) in [5, 5.41) is 50.6. The van der Waals surface area contributed by atoms with Gasteiger partial charge in [0.05, 0.1) is 40.3 Å². The van der Waals surface area contributed by atoms with Crippen LogP contribution in [0, 0.1) is 24.1 Å². The van der Waals surface area contributed by atoms with E-state index in [9.17, 15) is 34.2 Å². The van der Waals surface area contributed by atoms with Crippen molar-refractivity contribution < 1.29 is 33.6 Å². The fourth-order valence-corrected chi connectivity index (χ4v) is 5.43. The van der Waals surface area contributed by atoms with Crippen molar-refractivity contribution in [1.82, 2.24) is 24.9 Å². The number of nitriles is 1. The number of allylic oxidation sites excluding steroid dienone is 1. The first-order valence-corrected chi connectivity index (χ1v) is 15.0. The predicted octanol–water partition coefficient (Wildman–Crippen LogP) is 3.29. The normalized spacial score (nSPS) is 21.4. The first-order valence-electron chi connectivity index (χ1n) is 14.6. The molecule has 5 rings (SSSR count). The van der Waals surface area contributed by atoms with Crippen LogP contribution >= 0.6 is 11.6 Å². The van der Waals surface area contributed by atoms with E-state index in [1.54, 1.807) is 13.1 Å². The molecule has 1 saturated heterocycles. The number of benzene rings is 2. The number of aliphatic hydroxyl groups is 3. The molecule has 0 bridgehead atoms. The van der Waals surface area contributed by atoms with Gasteiger partial charge in [0, 0.05) is 36.8 Å². The Morgan fingerprint density at radius 3 is 2.79 bits per heavy atom. The Morgan fingerprint density at radius 2 is 2.06 bits per heavy atom. The molecule has 3 heterocycles. The molecule has 1 fully saturated rings. The SMILES string of the molecule is Cc1cc2ncc(C#N)c(Nc3ccc(F)c(Cl)c3)c2cc1CC(=O)/C=C/CN(C)Cc1cn(C2OC(CO)C(O)C(O)C2F)nn1. The fourth-order valence-electron chi connectivity index (χ4n) is 5.25. The van der Waals surface area contributed by atoms with Gasteiger partial charge in [-0.2, -0.15) is 5.26 Å². The summed E-state index contributed by atoms with van der Waals surface area (Å²) >= 11 is 5.94. The van der Waals surface area contributed by atoms with E-state index in [0.717, 1.165) is 15.8 Å². The third-order valence-electron chi connectivity index (χ3n) is 7.79. The lowest BCUT2D eigenvalue weighted by molar-refractivity contribution is -0.237. The molecule has 246 valence electrons. The molecule has 5 unspecified atom stereocenters. The Hall–Kier alpha value is -4.36. The largest absolute Gasteiger partial charge is 0.394 e. The van der Waals surface area contributed by atoms with Crippen LogP contribution in [0.5, 0.6) is 0 Å². The molecule has 0 saturated carbocycles. The van der Waals surface area contributed by atoms with Crippen molar-refractivity contribution in [3.05, 3.63) is 88.1 Å². The molecule has 1 aliphatic heterocycles. The molecule has 0 amide bonds. The molecule has 2 aromatic carbocycles. The highest BCUT2D eigenvalue weighted by Gasteiger charge is 2.46. The minimum absolute atomic E-state index is 0.0686. The lowest BCUT2D eigenvalue weighted by Crippen LogP contribution is -2.55. The summed E-state index contributed by atoms with van der Waals surface area (Å²) in [6, 6.07) is 9.91. The van der Waals surface area contributed by atoms with Gasteiger partial charge in [-0.05, 0) is 61.5 Å². The van der Waals surface area contributed by atoms with E-state index in [1.807, 2.05) is 24.0 Å². The van der Waals surface area contributed by atoms with Gasteiger partial charge in [-0.3, -0.25) is 14.7 Å². The second kappa shape index (κ2) is 14.6. The molecule has 2 aromatic heterocycles. The number of nitrogens with zero attached hydrogens (tertiary/aromatic N) is 6. The first-order chi connectivity index (χ1) is 22.5. The number of aryl methyl sites for hydroxylation is 1. The topological polar surface area (TPSA) is 170 Å². The number of halogens is 3. The number of fused-ring (bicyclic) bond motifs is 1. The lowest BCUT2D eigenvalue weighted by Gasteiger charge is -2.38. The monoisotopic (exact) mass is 667 g/mol. The van der Waals surface area contributed by atoms with Crippen LogP contribution in [0.15, 0.2) is 54.9 Å². The van der Waals surface area contributed by atoms with E-state index in [0.29, 0.717) is 41.1 Å². The Bertz CT molecular complexity index is 1850. The fraction of sp³-hybridized carbons (Fsp3) is 0.344. The maximum Gasteiger partial charge on any atom is 0.186 e. The summed E-state index contributed by atoms with van der Waals surface area (Å²) in [5.74, 6) is -0.721. The molecule has 15 heteroatoms. The Labute approximate surface area is 273 Å². The van der Waals surface area contributed by atoms with Gasteiger partial charge in [0.2, 0.25) is 0 Å². The number of alkyl halides is 1. The smallest absolute Gasteiger partial charge is 0.186 e. The number of aromatic nitrogens is 4. The van der Waals surface area contributed by atoms with Crippen molar-refractivity contribution in [2.24, 2.45) is 0 Å². The minimum atomic E-state index is -1.98. The van der Waals surface area contributed by atoms with Crippen molar-refractivity contribution >= 4 is 39.7 Å². The molecule has 4 aromatic rings. The van der Waals surface area contributed by atoms with E-state index >= 15 is 0 Å². The lowest BCUT2D eigenvalue weighted by atomic mass is 9.98. The second-order valence-corrected chi connectivity index (χ2v) is 11.7. The quantitative estimate of drug-likeness (QED) is 0.173. The van der Waals surface area contributed by atoms with Crippen LogP contribution in [-0.2, 0) is 22.5 Å². The van der Waals surface area contributed by atoms with Crippen LogP contribution in [-0.4, -0.2) is 90.7 Å². The van der Waals surface area contributed by atoms with Crippen LogP contribution in [0.4, 0.5) is 20.2 Å². The number of nitrogens with one attached hydrogen (secondary N) is 1. The third kappa shape index (κ3) is 7.62. The van der Waals surface area contributed by atoms with Gasteiger partial charge < -0.3 is 25.4 Å². The van der Waals surface area contributed by atoms with Crippen LogP contribution in [0.25, 0.3) is 10.9 Å². The molecule has 47 heavy (non-hydrogen) atoms. The van der Waals surface area contributed by atoms with E-state index in [-0.39, 0.29) is 22.8 Å². The molecule has 0 aliphatic carbocycles. The molecule has 5 atom stereocenters. The second-order valence-electron chi connectivity index (χ2n) is 11.3. The van der Waals surface area contributed by atoms with Crippen molar-refractivity contribution in [3.8, 4) is 6.07 Å². The summed E-state index contributed by atoms with van der Waals surface area (Å²) in [6.07, 6.45) is -1.69. The van der Waals surface area contributed by atoms with Gasteiger partial charge in [-0.25, -0.2) is 13.5 Å². The van der Waals surface area contributed by atoms with E-state index in [4.69, 9.17) is 16.3 Å². The molecule has 0 spiro atoms. The van der Waals surface area contributed by atoms with E-state index in [2.05, 4.69) is 26.7 Å².